The molecule has 0 spiro atoms. The first-order valence-electron chi connectivity index (χ1n) is 5.71. The van der Waals surface area contributed by atoms with Gasteiger partial charge in [0, 0.05) is 25.9 Å². The normalized spacial score (nSPS) is 13.3. The molecule has 0 bridgehead atoms. The quantitative estimate of drug-likeness (QED) is 0.769. The number of pyridine rings is 1. The fourth-order valence-electron chi connectivity index (χ4n) is 1.52. The number of hydrogen-bond donors (Lipinski definition) is 2. The van der Waals surface area contributed by atoms with Crippen LogP contribution < -0.4 is 10.0 Å². The lowest BCUT2D eigenvalue weighted by molar-refractivity contribution is 0.180. The van der Waals surface area contributed by atoms with Gasteiger partial charge in [-0.2, -0.15) is 0 Å². The van der Waals surface area contributed by atoms with E-state index in [0.29, 0.717) is 19.0 Å². The molecular formula is C11H19N3O3S. The summed E-state index contributed by atoms with van der Waals surface area (Å²) in [4.78, 5) is 4.17. The summed E-state index contributed by atoms with van der Waals surface area (Å²) < 4.78 is 31.8. The van der Waals surface area contributed by atoms with Crippen molar-refractivity contribution in [1.29, 1.82) is 0 Å². The molecule has 1 heterocycles. The predicted octanol–water partition coefficient (Wildman–Crippen LogP) is 0.827. The molecule has 1 aromatic rings. The van der Waals surface area contributed by atoms with E-state index in [1.807, 2.05) is 6.92 Å². The molecular weight excluding hydrogens is 254 g/mol. The molecule has 0 aliphatic rings. The zero-order valence-corrected chi connectivity index (χ0v) is 11.6. The van der Waals surface area contributed by atoms with Crippen LogP contribution in [0, 0.1) is 0 Å². The maximum Gasteiger partial charge on any atom is 0.244 e. The minimum atomic E-state index is -3.59. The monoisotopic (exact) mass is 273 g/mol. The molecule has 1 rings (SSSR count). The summed E-state index contributed by atoms with van der Waals surface area (Å²) in [7, 11) is -2.06. The Balaban J connectivity index is 2.97. The van der Waals surface area contributed by atoms with Gasteiger partial charge in [-0.05, 0) is 26.0 Å². The third kappa shape index (κ3) is 3.94. The van der Waals surface area contributed by atoms with Crippen molar-refractivity contribution >= 4 is 15.8 Å². The molecule has 0 radical (unpaired) electrons. The van der Waals surface area contributed by atoms with Crippen LogP contribution in [0.4, 0.5) is 5.82 Å². The Morgan fingerprint density at radius 1 is 1.50 bits per heavy atom. The fraction of sp³-hybridized carbons (Fsp3) is 0.545. The second-order valence-corrected chi connectivity index (χ2v) is 5.54. The smallest absolute Gasteiger partial charge is 0.244 e. The van der Waals surface area contributed by atoms with Crippen LogP contribution in [0.25, 0.3) is 0 Å². The lowest BCUT2D eigenvalue weighted by Crippen LogP contribution is -2.36. The molecule has 1 unspecified atom stereocenters. The Hall–Kier alpha value is -1.18. The van der Waals surface area contributed by atoms with Gasteiger partial charge < -0.3 is 10.1 Å². The van der Waals surface area contributed by atoms with E-state index < -0.39 is 10.0 Å². The van der Waals surface area contributed by atoms with E-state index in [-0.39, 0.29) is 10.9 Å². The molecule has 6 nitrogen and oxygen atoms in total. The summed E-state index contributed by atoms with van der Waals surface area (Å²) in [5.41, 5.74) is 0. The molecule has 0 aliphatic carbocycles. The highest BCUT2D eigenvalue weighted by molar-refractivity contribution is 7.89. The van der Waals surface area contributed by atoms with Crippen LogP contribution in [0.5, 0.6) is 0 Å². The minimum Gasteiger partial charge on any atom is -0.383 e. The average molecular weight is 273 g/mol. The zero-order valence-electron chi connectivity index (χ0n) is 10.8. The van der Waals surface area contributed by atoms with Gasteiger partial charge in [-0.1, -0.05) is 0 Å². The SMILES string of the molecule is CCNc1ncccc1S(=O)(=O)NC(C)COC. The number of rotatable bonds is 7. The molecule has 2 N–H and O–H groups in total. The largest absolute Gasteiger partial charge is 0.383 e. The van der Waals surface area contributed by atoms with E-state index in [2.05, 4.69) is 15.0 Å². The Kier molecular flexibility index (Phi) is 5.52. The highest BCUT2D eigenvalue weighted by Crippen LogP contribution is 2.17. The number of methoxy groups -OCH3 is 1. The first kappa shape index (κ1) is 14.9. The zero-order chi connectivity index (χ0) is 13.6. The molecule has 0 amide bonds. The lowest BCUT2D eigenvalue weighted by Gasteiger charge is -2.15. The van der Waals surface area contributed by atoms with Gasteiger partial charge in [0.25, 0.3) is 0 Å². The number of hydrogen-bond acceptors (Lipinski definition) is 5. The van der Waals surface area contributed by atoms with Gasteiger partial charge in [0.05, 0.1) is 6.61 Å². The van der Waals surface area contributed by atoms with Crippen LogP contribution in [-0.2, 0) is 14.8 Å². The van der Waals surface area contributed by atoms with E-state index >= 15 is 0 Å². The van der Waals surface area contributed by atoms with Crippen LogP contribution in [0.2, 0.25) is 0 Å². The van der Waals surface area contributed by atoms with E-state index in [1.165, 1.54) is 13.2 Å². The first-order chi connectivity index (χ1) is 8.51. The Morgan fingerprint density at radius 3 is 2.83 bits per heavy atom. The highest BCUT2D eigenvalue weighted by Gasteiger charge is 2.21. The maximum atomic E-state index is 12.2. The number of nitrogens with one attached hydrogen (secondary N) is 2. The molecule has 0 fully saturated rings. The van der Waals surface area contributed by atoms with Gasteiger partial charge in [-0.15, -0.1) is 0 Å². The van der Waals surface area contributed by atoms with Crippen molar-refractivity contribution in [2.45, 2.75) is 24.8 Å². The van der Waals surface area contributed by atoms with Crippen molar-refractivity contribution in [3.63, 3.8) is 0 Å². The van der Waals surface area contributed by atoms with Crippen LogP contribution in [-0.4, -0.2) is 39.7 Å². The second kappa shape index (κ2) is 6.67. The van der Waals surface area contributed by atoms with Gasteiger partial charge in [0.15, 0.2) is 0 Å². The van der Waals surface area contributed by atoms with Gasteiger partial charge in [0.1, 0.15) is 10.7 Å². The molecule has 7 heteroatoms. The third-order valence-electron chi connectivity index (χ3n) is 2.18. The lowest BCUT2D eigenvalue weighted by atomic mass is 10.4. The van der Waals surface area contributed by atoms with E-state index in [4.69, 9.17) is 4.74 Å². The molecule has 1 aromatic heterocycles. The van der Waals surface area contributed by atoms with Crippen molar-refractivity contribution in [3.8, 4) is 0 Å². The summed E-state index contributed by atoms with van der Waals surface area (Å²) in [6.45, 7) is 4.54. The minimum absolute atomic E-state index is 0.148. The Morgan fingerprint density at radius 2 is 2.22 bits per heavy atom. The Labute approximate surface area is 108 Å². The molecule has 1 atom stereocenters. The third-order valence-corrected chi connectivity index (χ3v) is 3.80. The van der Waals surface area contributed by atoms with Crippen molar-refractivity contribution in [3.05, 3.63) is 18.3 Å². The summed E-state index contributed by atoms with van der Waals surface area (Å²) in [5, 5.41) is 2.93. The fourth-order valence-corrected chi connectivity index (χ4v) is 2.88. The molecule has 102 valence electrons. The first-order valence-corrected chi connectivity index (χ1v) is 7.19. The summed E-state index contributed by atoms with van der Waals surface area (Å²) in [5.74, 6) is 0.358. The van der Waals surface area contributed by atoms with E-state index in [1.54, 1.807) is 19.2 Å². The second-order valence-electron chi connectivity index (χ2n) is 3.86. The summed E-state index contributed by atoms with van der Waals surface area (Å²) in [6.07, 6.45) is 1.55. The van der Waals surface area contributed by atoms with Crippen molar-refractivity contribution in [2.75, 3.05) is 25.6 Å². The van der Waals surface area contributed by atoms with Gasteiger partial charge in [-0.3, -0.25) is 0 Å². The van der Waals surface area contributed by atoms with Gasteiger partial charge in [0.2, 0.25) is 10.0 Å². The van der Waals surface area contributed by atoms with Crippen molar-refractivity contribution in [1.82, 2.24) is 9.71 Å². The number of aromatic nitrogens is 1. The van der Waals surface area contributed by atoms with Crippen molar-refractivity contribution in [2.24, 2.45) is 0 Å². The van der Waals surface area contributed by atoms with Crippen LogP contribution >= 0.6 is 0 Å². The average Bonchev–Trinajstić information content (AvgIpc) is 2.29. The molecule has 0 saturated carbocycles. The van der Waals surface area contributed by atoms with Crippen LogP contribution in [0.1, 0.15) is 13.8 Å². The maximum absolute atomic E-state index is 12.2. The van der Waals surface area contributed by atoms with Gasteiger partial charge >= 0.3 is 0 Å². The number of anilines is 1. The topological polar surface area (TPSA) is 80.3 Å². The number of nitrogens with zero attached hydrogens (tertiary/aromatic N) is 1. The molecule has 18 heavy (non-hydrogen) atoms. The summed E-state index contributed by atoms with van der Waals surface area (Å²) >= 11 is 0. The van der Waals surface area contributed by atoms with E-state index in [9.17, 15) is 8.42 Å². The van der Waals surface area contributed by atoms with Crippen molar-refractivity contribution < 1.29 is 13.2 Å². The number of ether oxygens (including phenoxy) is 1. The summed E-state index contributed by atoms with van der Waals surface area (Å²) in [6, 6.07) is 2.82. The number of sulfonamides is 1. The molecule has 0 aliphatic heterocycles. The van der Waals surface area contributed by atoms with Gasteiger partial charge in [-0.25, -0.2) is 18.1 Å². The highest BCUT2D eigenvalue weighted by atomic mass is 32.2. The van der Waals surface area contributed by atoms with Crippen LogP contribution in [0.15, 0.2) is 23.2 Å². The Bertz CT molecular complexity index is 476. The standard InChI is InChI=1S/C11H19N3O3S/c1-4-12-11-10(6-5-7-13-11)18(15,16)14-9(2)8-17-3/h5-7,9,14H,4,8H2,1-3H3,(H,12,13). The van der Waals surface area contributed by atoms with Crippen LogP contribution in [0.3, 0.4) is 0 Å². The molecule has 0 aromatic carbocycles. The van der Waals surface area contributed by atoms with E-state index in [0.717, 1.165) is 0 Å². The molecule has 0 saturated heterocycles. The predicted molar refractivity (Wildman–Crippen MR) is 70.1 cm³/mol.